The Bertz CT molecular complexity index is 2170. The first kappa shape index (κ1) is 47.2. The Hall–Kier alpha value is -6.89. The van der Waals surface area contributed by atoms with E-state index in [1.165, 1.54) is 87.5 Å². The van der Waals surface area contributed by atoms with Crippen molar-refractivity contribution in [3.05, 3.63) is 144 Å². The van der Waals surface area contributed by atoms with E-state index in [0.717, 1.165) is 12.8 Å². The van der Waals surface area contributed by atoms with Crippen LogP contribution in [0, 0.1) is 0 Å². The number of nitrogens with zero attached hydrogens (tertiary/aromatic N) is 1. The molecule has 0 radical (unpaired) electrons. The maximum absolute atomic E-state index is 14.3. The molecule has 13 heteroatoms. The molecule has 5 rings (SSSR count). The van der Waals surface area contributed by atoms with Gasteiger partial charge in [-0.3, -0.25) is 19.2 Å². The maximum atomic E-state index is 14.3. The van der Waals surface area contributed by atoms with Gasteiger partial charge in [0.15, 0.2) is 0 Å². The highest BCUT2D eigenvalue weighted by atomic mass is 16.5. The molecule has 0 fully saturated rings. The monoisotopic (exact) mass is 857 g/mol. The van der Waals surface area contributed by atoms with Crippen LogP contribution in [0.25, 0.3) is 0 Å². The molecule has 3 atom stereocenters. The Morgan fingerprint density at radius 1 is 0.524 bits per heavy atom. The molecule has 0 spiro atoms. The number of hydrogen-bond acceptors (Lipinski definition) is 9. The van der Waals surface area contributed by atoms with Gasteiger partial charge < -0.3 is 41.3 Å². The van der Waals surface area contributed by atoms with E-state index in [9.17, 15) is 34.5 Å². The maximum Gasteiger partial charge on any atom is 0.251 e. The van der Waals surface area contributed by atoms with Gasteiger partial charge in [-0.05, 0) is 95.9 Å². The standard InChI is InChI=1S/C50H59N5O8/c1-2-3-4-5-6-7-8-9-12-31-63-42-28-20-38(21-29-42)47(59)52-43(32-35-14-22-39(56)23-15-35)48(60)53-44(33-36-16-24-40(57)25-17-36)49(61)54-45(34-37-18-26-41(58)27-19-37)50(62)55-46-13-10-11-30-51-46/h10-11,13-30,43-45,56-58H,2-9,12,31-34H2,1H3,(H,52,59)(H,53,60)(H,54,61)(H,51,55,62)/t43-,44-,45-/m0/s1. The van der Waals surface area contributed by atoms with Crippen LogP contribution in [0.3, 0.4) is 0 Å². The SMILES string of the molecule is CCCCCCCCCCCOc1ccc(C(=O)N[C@@H](Cc2ccc(O)cc2)C(=O)N[C@@H](Cc2ccc(O)cc2)C(=O)N[C@@H](Cc2ccc(O)cc2)C(=O)Nc2ccccn2)cc1. The van der Waals surface area contributed by atoms with Crippen molar-refractivity contribution in [3.8, 4) is 23.0 Å². The van der Waals surface area contributed by atoms with Gasteiger partial charge >= 0.3 is 0 Å². The molecule has 1 aromatic heterocycles. The van der Waals surface area contributed by atoms with Crippen LogP contribution >= 0.6 is 0 Å². The van der Waals surface area contributed by atoms with E-state index in [-0.39, 0.29) is 42.3 Å². The number of ether oxygens (including phenoxy) is 1. The van der Waals surface area contributed by atoms with Crippen molar-refractivity contribution in [1.29, 1.82) is 0 Å². The van der Waals surface area contributed by atoms with Gasteiger partial charge in [0, 0.05) is 31.0 Å². The molecule has 63 heavy (non-hydrogen) atoms. The summed E-state index contributed by atoms with van der Waals surface area (Å²) in [6, 6.07) is 26.7. The molecule has 4 aromatic carbocycles. The molecule has 7 N–H and O–H groups in total. The van der Waals surface area contributed by atoms with Gasteiger partial charge in [-0.1, -0.05) is 101 Å². The number of carbonyl (C=O) groups is 4. The highest BCUT2D eigenvalue weighted by molar-refractivity contribution is 6.00. The van der Waals surface area contributed by atoms with Crippen LogP contribution in [0.2, 0.25) is 0 Å². The first-order chi connectivity index (χ1) is 30.6. The molecular formula is C50H59N5O8. The fourth-order valence-electron chi connectivity index (χ4n) is 6.97. The average Bonchev–Trinajstić information content (AvgIpc) is 3.29. The molecule has 0 aliphatic rings. The Kier molecular flexibility index (Phi) is 18.8. The number of nitrogens with one attached hydrogen (secondary N) is 4. The molecular weight excluding hydrogens is 799 g/mol. The van der Waals surface area contributed by atoms with Gasteiger partial charge in [0.2, 0.25) is 17.7 Å². The summed E-state index contributed by atoms with van der Waals surface area (Å²) in [7, 11) is 0. The van der Waals surface area contributed by atoms with Crippen molar-refractivity contribution >= 4 is 29.4 Å². The van der Waals surface area contributed by atoms with Crippen LogP contribution in [-0.4, -0.2) is 68.7 Å². The predicted octanol–water partition coefficient (Wildman–Crippen LogP) is 7.54. The van der Waals surface area contributed by atoms with Crippen molar-refractivity contribution < 1.29 is 39.2 Å². The highest BCUT2D eigenvalue weighted by Gasteiger charge is 2.31. The molecule has 0 unspecified atom stereocenters. The number of amides is 4. The topological polar surface area (TPSA) is 199 Å². The molecule has 0 saturated heterocycles. The molecule has 0 bridgehead atoms. The minimum atomic E-state index is -1.26. The van der Waals surface area contributed by atoms with Crippen LogP contribution in [-0.2, 0) is 33.6 Å². The molecule has 0 aliphatic carbocycles. The van der Waals surface area contributed by atoms with Crippen molar-refractivity contribution in [1.82, 2.24) is 20.9 Å². The average molecular weight is 858 g/mol. The fraction of sp³-hybridized carbons (Fsp3) is 0.340. The van der Waals surface area contributed by atoms with E-state index in [0.29, 0.717) is 34.6 Å². The minimum absolute atomic E-state index is 0.0130. The Balaban J connectivity index is 1.30. The van der Waals surface area contributed by atoms with E-state index < -0.39 is 41.8 Å². The van der Waals surface area contributed by atoms with Crippen molar-refractivity contribution in [3.63, 3.8) is 0 Å². The van der Waals surface area contributed by atoms with E-state index in [1.54, 1.807) is 78.9 Å². The second kappa shape index (κ2) is 25.1. The summed E-state index contributed by atoms with van der Waals surface area (Å²) >= 11 is 0. The molecule has 0 aliphatic heterocycles. The summed E-state index contributed by atoms with van der Waals surface area (Å²) in [6.45, 7) is 2.79. The van der Waals surface area contributed by atoms with E-state index in [4.69, 9.17) is 4.74 Å². The summed E-state index contributed by atoms with van der Waals surface area (Å²) in [4.78, 5) is 60.2. The van der Waals surface area contributed by atoms with E-state index in [1.807, 2.05) is 0 Å². The zero-order valence-electron chi connectivity index (χ0n) is 35.8. The Morgan fingerprint density at radius 3 is 1.43 bits per heavy atom. The normalized spacial score (nSPS) is 12.3. The third-order valence-electron chi connectivity index (χ3n) is 10.6. The first-order valence-electron chi connectivity index (χ1n) is 21.8. The van der Waals surface area contributed by atoms with E-state index >= 15 is 0 Å². The van der Waals surface area contributed by atoms with Gasteiger partial charge in [-0.25, -0.2) is 4.98 Å². The van der Waals surface area contributed by atoms with Crippen molar-refractivity contribution in [2.75, 3.05) is 11.9 Å². The third-order valence-corrected chi connectivity index (χ3v) is 10.6. The summed E-state index contributed by atoms with van der Waals surface area (Å²) < 4.78 is 5.93. The number of hydrogen-bond donors (Lipinski definition) is 7. The fourth-order valence-corrected chi connectivity index (χ4v) is 6.97. The summed E-state index contributed by atoms with van der Waals surface area (Å²) in [5.74, 6) is -1.49. The predicted molar refractivity (Wildman–Crippen MR) is 243 cm³/mol. The van der Waals surface area contributed by atoms with Crippen molar-refractivity contribution in [2.45, 2.75) is 102 Å². The lowest BCUT2D eigenvalue weighted by atomic mass is 10.0. The zero-order chi connectivity index (χ0) is 44.8. The zero-order valence-corrected chi connectivity index (χ0v) is 35.8. The van der Waals surface area contributed by atoms with Crippen LogP contribution in [0.1, 0.15) is 91.8 Å². The van der Waals surface area contributed by atoms with Crippen molar-refractivity contribution in [2.24, 2.45) is 0 Å². The highest BCUT2D eigenvalue weighted by Crippen LogP contribution is 2.18. The second-order valence-electron chi connectivity index (χ2n) is 15.7. The van der Waals surface area contributed by atoms with Gasteiger partial charge in [-0.2, -0.15) is 0 Å². The number of aromatic nitrogens is 1. The lowest BCUT2D eigenvalue weighted by Crippen LogP contribution is -2.57. The summed E-state index contributed by atoms with van der Waals surface area (Å²) in [5, 5.41) is 40.9. The number of aromatic hydroxyl groups is 3. The minimum Gasteiger partial charge on any atom is -0.508 e. The molecule has 13 nitrogen and oxygen atoms in total. The molecule has 332 valence electrons. The van der Waals surface area contributed by atoms with Crippen LogP contribution in [0.15, 0.2) is 121 Å². The number of carbonyl (C=O) groups excluding carboxylic acids is 4. The lowest BCUT2D eigenvalue weighted by Gasteiger charge is -2.26. The van der Waals surface area contributed by atoms with E-state index in [2.05, 4.69) is 33.2 Å². The first-order valence-corrected chi connectivity index (χ1v) is 21.8. The van der Waals surface area contributed by atoms with Crippen LogP contribution in [0.4, 0.5) is 5.82 Å². The lowest BCUT2D eigenvalue weighted by molar-refractivity contribution is -0.131. The van der Waals surface area contributed by atoms with Gasteiger partial charge in [0.1, 0.15) is 46.9 Å². The molecule has 1 heterocycles. The number of phenolic OH excluding ortho intramolecular Hbond substituents is 3. The smallest absolute Gasteiger partial charge is 0.251 e. The number of rotatable bonds is 25. The molecule has 4 amide bonds. The Labute approximate surface area is 369 Å². The van der Waals surface area contributed by atoms with Crippen LogP contribution in [0.5, 0.6) is 23.0 Å². The number of phenols is 3. The summed E-state index contributed by atoms with van der Waals surface area (Å²) in [5.41, 5.74) is 2.17. The number of pyridine rings is 1. The molecule has 5 aromatic rings. The van der Waals surface area contributed by atoms with Crippen LogP contribution < -0.4 is 26.0 Å². The van der Waals surface area contributed by atoms with Gasteiger partial charge in [0.05, 0.1) is 6.61 Å². The van der Waals surface area contributed by atoms with Gasteiger partial charge in [0.25, 0.3) is 5.91 Å². The number of benzene rings is 4. The largest absolute Gasteiger partial charge is 0.508 e. The quantitative estimate of drug-likeness (QED) is 0.0290. The summed E-state index contributed by atoms with van der Waals surface area (Å²) in [6.07, 6.45) is 12.4. The number of anilines is 1. The molecule has 0 saturated carbocycles. The van der Waals surface area contributed by atoms with Gasteiger partial charge in [-0.15, -0.1) is 0 Å². The second-order valence-corrected chi connectivity index (χ2v) is 15.7. The number of unbranched alkanes of at least 4 members (excludes halogenated alkanes) is 8. The Morgan fingerprint density at radius 2 is 0.968 bits per heavy atom. The third kappa shape index (κ3) is 16.5.